The zero-order chi connectivity index (χ0) is 12.7. The summed E-state index contributed by atoms with van der Waals surface area (Å²) in [7, 11) is 1.63. The van der Waals surface area contributed by atoms with E-state index in [9.17, 15) is 0 Å². The maximum absolute atomic E-state index is 5.99. The molecule has 1 aromatic carbocycles. The minimum Gasteiger partial charge on any atom is -0.495 e. The van der Waals surface area contributed by atoms with Gasteiger partial charge in [-0.3, -0.25) is 0 Å². The van der Waals surface area contributed by atoms with Gasteiger partial charge in [-0.1, -0.05) is 30.7 Å². The van der Waals surface area contributed by atoms with E-state index in [1.54, 1.807) is 7.11 Å². The molecule has 3 heteroatoms. The molecule has 0 saturated heterocycles. The zero-order valence-corrected chi connectivity index (χ0v) is 11.5. The Labute approximate surface area is 109 Å². The molecule has 0 radical (unpaired) electrons. The summed E-state index contributed by atoms with van der Waals surface area (Å²) in [6.07, 6.45) is 3.26. The number of methoxy groups -OCH3 is 1. The number of halogens is 1. The van der Waals surface area contributed by atoms with Crippen LogP contribution in [-0.2, 0) is 0 Å². The van der Waals surface area contributed by atoms with Crippen LogP contribution in [0.5, 0.6) is 5.75 Å². The Morgan fingerprint density at radius 1 is 1.47 bits per heavy atom. The molecule has 1 aromatic rings. The number of allylic oxidation sites excluding steroid dienone is 1. The Balaban J connectivity index is 2.71. The summed E-state index contributed by atoms with van der Waals surface area (Å²) >= 11 is 5.99. The van der Waals surface area contributed by atoms with E-state index in [1.807, 2.05) is 18.2 Å². The summed E-state index contributed by atoms with van der Waals surface area (Å²) in [6.45, 7) is 6.25. The normalized spacial score (nSPS) is 11.6. The van der Waals surface area contributed by atoms with Gasteiger partial charge in [-0.15, -0.1) is 0 Å². The maximum atomic E-state index is 5.99. The van der Waals surface area contributed by atoms with Crippen LogP contribution in [-0.4, -0.2) is 20.2 Å². The van der Waals surface area contributed by atoms with E-state index in [1.165, 1.54) is 5.57 Å². The third-order valence-electron chi connectivity index (χ3n) is 2.63. The lowest BCUT2D eigenvalue weighted by molar-refractivity contribution is 0.415. The second-order valence-electron chi connectivity index (χ2n) is 3.88. The number of hydrogen-bond acceptors (Lipinski definition) is 2. The highest BCUT2D eigenvalue weighted by Gasteiger charge is 2.02. The Morgan fingerprint density at radius 2 is 2.24 bits per heavy atom. The summed E-state index contributed by atoms with van der Waals surface area (Å²) in [5, 5.41) is 3.95. The summed E-state index contributed by atoms with van der Waals surface area (Å²) in [4.78, 5) is 0. The van der Waals surface area contributed by atoms with Crippen molar-refractivity contribution in [3.8, 4) is 5.75 Å². The monoisotopic (exact) mass is 253 g/mol. The molecule has 0 aliphatic rings. The second kappa shape index (κ2) is 7.36. The van der Waals surface area contributed by atoms with Gasteiger partial charge in [0.1, 0.15) is 5.75 Å². The lowest BCUT2D eigenvalue weighted by Gasteiger charge is -2.07. The van der Waals surface area contributed by atoms with Gasteiger partial charge in [0.25, 0.3) is 0 Å². The predicted octanol–water partition coefficient (Wildman–Crippen LogP) is 3.75. The molecule has 94 valence electrons. The number of ether oxygens (including phenoxy) is 1. The summed E-state index contributed by atoms with van der Waals surface area (Å²) in [6, 6.07) is 5.86. The maximum Gasteiger partial charge on any atom is 0.138 e. The van der Waals surface area contributed by atoms with Crippen molar-refractivity contribution < 1.29 is 4.74 Å². The highest BCUT2D eigenvalue weighted by atomic mass is 35.5. The molecule has 0 aromatic heterocycles. The minimum absolute atomic E-state index is 0.650. The predicted molar refractivity (Wildman–Crippen MR) is 74.8 cm³/mol. The van der Waals surface area contributed by atoms with Crippen molar-refractivity contribution in [1.29, 1.82) is 0 Å². The van der Waals surface area contributed by atoms with Crippen LogP contribution in [0.15, 0.2) is 24.3 Å². The smallest absolute Gasteiger partial charge is 0.138 e. The molecule has 0 fully saturated rings. The van der Waals surface area contributed by atoms with Crippen molar-refractivity contribution in [2.45, 2.75) is 20.3 Å². The van der Waals surface area contributed by atoms with Crippen molar-refractivity contribution in [3.05, 3.63) is 34.9 Å². The lowest BCUT2D eigenvalue weighted by Crippen LogP contribution is -2.13. The fraction of sp³-hybridized carbons (Fsp3) is 0.429. The quantitative estimate of drug-likeness (QED) is 0.780. The van der Waals surface area contributed by atoms with E-state index in [2.05, 4.69) is 25.2 Å². The topological polar surface area (TPSA) is 21.3 Å². The fourth-order valence-electron chi connectivity index (χ4n) is 1.59. The van der Waals surface area contributed by atoms with Gasteiger partial charge in [0.2, 0.25) is 0 Å². The molecule has 0 spiro atoms. The number of rotatable bonds is 6. The van der Waals surface area contributed by atoms with Crippen molar-refractivity contribution >= 4 is 17.2 Å². The molecule has 17 heavy (non-hydrogen) atoms. The van der Waals surface area contributed by atoms with Gasteiger partial charge in [0, 0.05) is 0 Å². The van der Waals surface area contributed by atoms with E-state index >= 15 is 0 Å². The molecule has 0 unspecified atom stereocenters. The first-order chi connectivity index (χ1) is 8.19. The molecule has 1 rings (SSSR count). The first kappa shape index (κ1) is 14.1. The molecule has 0 atom stereocenters. The molecule has 0 saturated carbocycles. The standard InChI is InChI=1S/C14H20ClNO/c1-4-16-9-5-6-11(2)12-7-8-13(15)14(10-12)17-3/h6-8,10,16H,4-5,9H2,1-3H3. The van der Waals surface area contributed by atoms with Crippen LogP contribution < -0.4 is 10.1 Å². The first-order valence-electron chi connectivity index (χ1n) is 5.90. The third kappa shape index (κ3) is 4.41. The average Bonchev–Trinajstić information content (AvgIpc) is 2.35. The van der Waals surface area contributed by atoms with Crippen LogP contribution in [0.4, 0.5) is 0 Å². The lowest BCUT2D eigenvalue weighted by atomic mass is 10.1. The van der Waals surface area contributed by atoms with Crippen LogP contribution >= 0.6 is 11.6 Å². The van der Waals surface area contributed by atoms with Crippen LogP contribution in [0.25, 0.3) is 5.57 Å². The highest BCUT2D eigenvalue weighted by Crippen LogP contribution is 2.28. The van der Waals surface area contributed by atoms with Crippen LogP contribution in [0.2, 0.25) is 5.02 Å². The zero-order valence-electron chi connectivity index (χ0n) is 10.7. The minimum atomic E-state index is 0.650. The van der Waals surface area contributed by atoms with Gasteiger partial charge in [-0.05, 0) is 49.7 Å². The Hall–Kier alpha value is -0.990. The summed E-state index contributed by atoms with van der Waals surface area (Å²) in [5.74, 6) is 0.726. The molecule has 0 bridgehead atoms. The van der Waals surface area contributed by atoms with E-state index in [0.29, 0.717) is 5.02 Å². The van der Waals surface area contributed by atoms with Gasteiger partial charge >= 0.3 is 0 Å². The number of benzene rings is 1. The van der Waals surface area contributed by atoms with E-state index < -0.39 is 0 Å². The highest BCUT2D eigenvalue weighted by molar-refractivity contribution is 6.32. The molecule has 0 amide bonds. The van der Waals surface area contributed by atoms with Gasteiger partial charge in [-0.2, -0.15) is 0 Å². The SMILES string of the molecule is CCNCCC=C(C)c1ccc(Cl)c(OC)c1. The second-order valence-corrected chi connectivity index (χ2v) is 4.29. The fourth-order valence-corrected chi connectivity index (χ4v) is 1.79. The van der Waals surface area contributed by atoms with Gasteiger partial charge in [0.15, 0.2) is 0 Å². The van der Waals surface area contributed by atoms with Gasteiger partial charge in [-0.25, -0.2) is 0 Å². The van der Waals surface area contributed by atoms with E-state index in [-0.39, 0.29) is 0 Å². The van der Waals surface area contributed by atoms with Crippen molar-refractivity contribution in [2.24, 2.45) is 0 Å². The molecule has 2 nitrogen and oxygen atoms in total. The van der Waals surface area contributed by atoms with Crippen molar-refractivity contribution in [1.82, 2.24) is 5.32 Å². The Bertz CT molecular complexity index is 388. The molecule has 0 aliphatic carbocycles. The van der Waals surface area contributed by atoms with Crippen LogP contribution in [0, 0.1) is 0 Å². The molecule has 1 N–H and O–H groups in total. The van der Waals surface area contributed by atoms with Crippen molar-refractivity contribution in [2.75, 3.05) is 20.2 Å². The van der Waals surface area contributed by atoms with E-state index in [4.69, 9.17) is 16.3 Å². The van der Waals surface area contributed by atoms with E-state index in [0.717, 1.165) is 30.8 Å². The Kier molecular flexibility index (Phi) is 6.09. The van der Waals surface area contributed by atoms with Crippen molar-refractivity contribution in [3.63, 3.8) is 0 Å². The van der Waals surface area contributed by atoms with Crippen LogP contribution in [0.3, 0.4) is 0 Å². The Morgan fingerprint density at radius 3 is 2.88 bits per heavy atom. The average molecular weight is 254 g/mol. The molecular weight excluding hydrogens is 234 g/mol. The molecular formula is C14H20ClNO. The van der Waals surface area contributed by atoms with Crippen LogP contribution in [0.1, 0.15) is 25.8 Å². The van der Waals surface area contributed by atoms with Gasteiger partial charge < -0.3 is 10.1 Å². The van der Waals surface area contributed by atoms with Gasteiger partial charge in [0.05, 0.1) is 12.1 Å². The number of nitrogens with one attached hydrogen (secondary N) is 1. The third-order valence-corrected chi connectivity index (χ3v) is 2.94. The molecule has 0 heterocycles. The molecule has 0 aliphatic heterocycles. The summed E-state index contributed by atoms with van der Waals surface area (Å²) in [5.41, 5.74) is 2.40. The number of hydrogen-bond donors (Lipinski definition) is 1. The summed E-state index contributed by atoms with van der Waals surface area (Å²) < 4.78 is 5.21. The largest absolute Gasteiger partial charge is 0.495 e. The first-order valence-corrected chi connectivity index (χ1v) is 6.28.